The molecule has 0 radical (unpaired) electrons. The molecule has 0 heterocycles. The fourth-order valence-corrected chi connectivity index (χ4v) is 2.02. The molecule has 0 fully saturated rings. The van der Waals surface area contributed by atoms with Crippen molar-refractivity contribution in [2.75, 3.05) is 0 Å². The van der Waals surface area contributed by atoms with Gasteiger partial charge in [0.05, 0.1) is 0 Å². The molecule has 2 aromatic rings. The first-order valence-electron chi connectivity index (χ1n) is 7.30. The van der Waals surface area contributed by atoms with Gasteiger partial charge >= 0.3 is 0 Å². The van der Waals surface area contributed by atoms with Crippen molar-refractivity contribution in [3.63, 3.8) is 0 Å². The molecule has 0 aliphatic rings. The number of ether oxygens (including phenoxy) is 1. The van der Waals surface area contributed by atoms with Crippen molar-refractivity contribution in [1.29, 1.82) is 0 Å². The smallest absolute Gasteiger partial charge is 0.165 e. The van der Waals surface area contributed by atoms with Gasteiger partial charge in [0.25, 0.3) is 0 Å². The summed E-state index contributed by atoms with van der Waals surface area (Å²) >= 11 is 0. The molecule has 22 heavy (non-hydrogen) atoms. The number of halogens is 2. The zero-order chi connectivity index (χ0) is 15.9. The molecule has 0 saturated carbocycles. The monoisotopic (exact) mass is 304 g/mol. The number of rotatable bonds is 7. The second-order valence-electron chi connectivity index (χ2n) is 5.09. The lowest BCUT2D eigenvalue weighted by Crippen LogP contribution is -2.01. The van der Waals surface area contributed by atoms with E-state index in [2.05, 4.69) is 0 Å². The van der Waals surface area contributed by atoms with Crippen LogP contribution in [-0.4, -0.2) is 5.78 Å². The number of benzene rings is 2. The van der Waals surface area contributed by atoms with Crippen LogP contribution in [0.3, 0.4) is 0 Å². The third-order valence-corrected chi connectivity index (χ3v) is 3.32. The van der Waals surface area contributed by atoms with Gasteiger partial charge in [-0.15, -0.1) is 0 Å². The molecule has 2 aromatic carbocycles. The predicted octanol–water partition coefficient (Wildman–Crippen LogP) is 4.92. The molecule has 0 aliphatic heterocycles. The second-order valence-corrected chi connectivity index (χ2v) is 5.09. The number of hydrogen-bond donors (Lipinski definition) is 0. The summed E-state index contributed by atoms with van der Waals surface area (Å²) in [6, 6.07) is 10.1. The Bertz CT molecular complexity index is 636. The largest absolute Gasteiger partial charge is 0.486 e. The molecule has 116 valence electrons. The van der Waals surface area contributed by atoms with Crippen LogP contribution in [0, 0.1) is 11.6 Å². The number of carbonyl (C=O) groups excluding carboxylic acids is 1. The molecule has 0 amide bonds. The van der Waals surface area contributed by atoms with E-state index in [9.17, 15) is 13.6 Å². The normalized spacial score (nSPS) is 10.5. The van der Waals surface area contributed by atoms with Gasteiger partial charge in [0.1, 0.15) is 12.4 Å². The van der Waals surface area contributed by atoms with Crippen molar-refractivity contribution in [2.24, 2.45) is 0 Å². The third kappa shape index (κ3) is 4.38. The molecule has 0 saturated heterocycles. The summed E-state index contributed by atoms with van der Waals surface area (Å²) < 4.78 is 31.7. The van der Waals surface area contributed by atoms with E-state index in [0.717, 1.165) is 36.6 Å². The van der Waals surface area contributed by atoms with Crippen molar-refractivity contribution >= 4 is 5.78 Å². The lowest BCUT2D eigenvalue weighted by molar-refractivity contribution is 0.0979. The summed E-state index contributed by atoms with van der Waals surface area (Å²) in [7, 11) is 0. The first kappa shape index (κ1) is 16.1. The standard InChI is InChI=1S/C18H18F2O2/c1-2-3-4-17(21)14-7-5-13(6-8-14)12-22-18-11-15(19)9-10-16(18)20/h5-11H,2-4,12H2,1H3. The molecule has 0 atom stereocenters. The molecular formula is C18H18F2O2. The predicted molar refractivity (Wildman–Crippen MR) is 81.0 cm³/mol. The molecule has 0 unspecified atom stereocenters. The highest BCUT2D eigenvalue weighted by molar-refractivity contribution is 5.96. The van der Waals surface area contributed by atoms with Crippen LogP contribution in [0.15, 0.2) is 42.5 Å². The molecule has 0 bridgehead atoms. The quantitative estimate of drug-likeness (QED) is 0.679. The minimum atomic E-state index is -0.604. The summed E-state index contributed by atoms with van der Waals surface area (Å²) in [5, 5.41) is 0. The van der Waals surface area contributed by atoms with Crippen LogP contribution >= 0.6 is 0 Å². The molecule has 4 heteroatoms. The number of unbranched alkanes of at least 4 members (excludes halogenated alkanes) is 1. The van der Waals surface area contributed by atoms with E-state index in [1.165, 1.54) is 0 Å². The lowest BCUT2D eigenvalue weighted by atomic mass is 10.0. The van der Waals surface area contributed by atoms with E-state index in [1.807, 2.05) is 6.92 Å². The van der Waals surface area contributed by atoms with Crippen LogP contribution in [-0.2, 0) is 6.61 Å². The topological polar surface area (TPSA) is 26.3 Å². The summed E-state index contributed by atoms with van der Waals surface area (Å²) in [6.45, 7) is 2.16. The van der Waals surface area contributed by atoms with Gasteiger partial charge in [-0.3, -0.25) is 4.79 Å². The molecule has 2 rings (SSSR count). The first-order valence-corrected chi connectivity index (χ1v) is 7.30. The number of hydrogen-bond acceptors (Lipinski definition) is 2. The van der Waals surface area contributed by atoms with E-state index >= 15 is 0 Å². The van der Waals surface area contributed by atoms with E-state index in [0.29, 0.717) is 12.0 Å². The Labute approximate surface area is 128 Å². The van der Waals surface area contributed by atoms with Crippen molar-refractivity contribution < 1.29 is 18.3 Å². The van der Waals surface area contributed by atoms with Crippen LogP contribution < -0.4 is 4.74 Å². The minimum Gasteiger partial charge on any atom is -0.486 e. The summed E-state index contributed by atoms with van der Waals surface area (Å²) in [4.78, 5) is 11.9. The number of ketones is 1. The number of Topliss-reactive ketones (excluding diaryl/α,β-unsaturated/α-hetero) is 1. The Morgan fingerprint density at radius 1 is 1.09 bits per heavy atom. The average Bonchev–Trinajstić information content (AvgIpc) is 2.54. The maximum Gasteiger partial charge on any atom is 0.165 e. The third-order valence-electron chi connectivity index (χ3n) is 3.32. The summed E-state index contributed by atoms with van der Waals surface area (Å²) in [6.07, 6.45) is 2.40. The average molecular weight is 304 g/mol. The Balaban J connectivity index is 1.96. The second kappa shape index (κ2) is 7.69. The molecular weight excluding hydrogens is 286 g/mol. The van der Waals surface area contributed by atoms with Gasteiger partial charge < -0.3 is 4.74 Å². The van der Waals surface area contributed by atoms with Gasteiger partial charge in [0.2, 0.25) is 0 Å². The van der Waals surface area contributed by atoms with Crippen LogP contribution in [0.1, 0.15) is 42.1 Å². The van der Waals surface area contributed by atoms with Gasteiger partial charge in [0.15, 0.2) is 17.3 Å². The zero-order valence-corrected chi connectivity index (χ0v) is 12.4. The Hall–Kier alpha value is -2.23. The maximum atomic E-state index is 13.4. The summed E-state index contributed by atoms with van der Waals surface area (Å²) in [5.74, 6) is -1.16. The highest BCUT2D eigenvalue weighted by atomic mass is 19.1. The highest BCUT2D eigenvalue weighted by Gasteiger charge is 2.07. The van der Waals surface area contributed by atoms with Crippen molar-refractivity contribution in [3.05, 3.63) is 65.2 Å². The van der Waals surface area contributed by atoms with Gasteiger partial charge in [-0.2, -0.15) is 0 Å². The van der Waals surface area contributed by atoms with Crippen molar-refractivity contribution in [1.82, 2.24) is 0 Å². The van der Waals surface area contributed by atoms with Crippen LogP contribution in [0.2, 0.25) is 0 Å². The zero-order valence-electron chi connectivity index (χ0n) is 12.4. The van der Waals surface area contributed by atoms with Crippen LogP contribution in [0.4, 0.5) is 8.78 Å². The summed E-state index contributed by atoms with van der Waals surface area (Å²) in [5.41, 5.74) is 1.45. The Kier molecular flexibility index (Phi) is 5.64. The van der Waals surface area contributed by atoms with E-state index in [4.69, 9.17) is 4.74 Å². The minimum absolute atomic E-state index is 0.115. The molecule has 0 aliphatic carbocycles. The van der Waals surface area contributed by atoms with Crippen molar-refractivity contribution in [2.45, 2.75) is 32.8 Å². The van der Waals surface area contributed by atoms with Gasteiger partial charge in [0, 0.05) is 18.1 Å². The highest BCUT2D eigenvalue weighted by Crippen LogP contribution is 2.19. The van der Waals surface area contributed by atoms with Gasteiger partial charge in [-0.25, -0.2) is 8.78 Å². The molecule has 0 spiro atoms. The molecule has 2 nitrogen and oxygen atoms in total. The molecule has 0 aromatic heterocycles. The first-order chi connectivity index (χ1) is 10.6. The van der Waals surface area contributed by atoms with E-state index in [-0.39, 0.29) is 18.1 Å². The SMILES string of the molecule is CCCCC(=O)c1ccc(COc2cc(F)ccc2F)cc1. The fourth-order valence-electron chi connectivity index (χ4n) is 2.02. The molecule has 0 N–H and O–H groups in total. The Morgan fingerprint density at radius 2 is 1.82 bits per heavy atom. The Morgan fingerprint density at radius 3 is 2.50 bits per heavy atom. The van der Waals surface area contributed by atoms with E-state index < -0.39 is 11.6 Å². The van der Waals surface area contributed by atoms with Gasteiger partial charge in [-0.05, 0) is 24.1 Å². The number of carbonyl (C=O) groups is 1. The fraction of sp³-hybridized carbons (Fsp3) is 0.278. The van der Waals surface area contributed by atoms with Crippen LogP contribution in [0.25, 0.3) is 0 Å². The lowest BCUT2D eigenvalue weighted by Gasteiger charge is -2.08. The van der Waals surface area contributed by atoms with Gasteiger partial charge in [-0.1, -0.05) is 37.6 Å². The van der Waals surface area contributed by atoms with Crippen LogP contribution in [0.5, 0.6) is 5.75 Å². The maximum absolute atomic E-state index is 13.4. The van der Waals surface area contributed by atoms with Crippen molar-refractivity contribution in [3.8, 4) is 5.75 Å². The van der Waals surface area contributed by atoms with E-state index in [1.54, 1.807) is 24.3 Å².